The number of rotatable bonds is 2. The predicted molar refractivity (Wildman–Crippen MR) is 124 cm³/mol. The molecule has 31 heavy (non-hydrogen) atoms. The summed E-state index contributed by atoms with van der Waals surface area (Å²) in [6, 6.07) is 6.64. The van der Waals surface area contributed by atoms with Gasteiger partial charge in [0, 0.05) is 0 Å². The zero-order chi connectivity index (χ0) is 24.6. The maximum absolute atomic E-state index is 10.5. The molecule has 0 unspecified atom stereocenters. The Morgan fingerprint density at radius 3 is 1.16 bits per heavy atom. The van der Waals surface area contributed by atoms with Crippen molar-refractivity contribution in [3.8, 4) is 11.5 Å². The summed E-state index contributed by atoms with van der Waals surface area (Å²) >= 11 is -0.826. The van der Waals surface area contributed by atoms with Crippen LogP contribution in [0.1, 0.15) is 74.9 Å². The molecule has 0 heterocycles. The molecule has 2 aromatic carbocycles. The van der Waals surface area contributed by atoms with Gasteiger partial charge in [-0.25, -0.2) is 0 Å². The van der Waals surface area contributed by atoms with E-state index in [0.29, 0.717) is 11.1 Å². The Balaban J connectivity index is 0.000000516. The molecule has 2 rings (SSSR count). The van der Waals surface area contributed by atoms with Crippen LogP contribution < -0.4 is 0 Å². The molecule has 2 N–H and O–H groups in total. The Morgan fingerprint density at radius 1 is 0.710 bits per heavy atom. The third-order valence-corrected chi connectivity index (χ3v) is 4.52. The molecule has 0 aliphatic rings. The van der Waals surface area contributed by atoms with Gasteiger partial charge in [0.15, 0.2) is 0 Å². The molecule has 0 aromatic heterocycles. The molecule has 0 saturated heterocycles. The average Bonchev–Trinajstić information content (AvgIpc) is 2.64. The fourth-order valence-electron chi connectivity index (χ4n) is 2.81. The van der Waals surface area contributed by atoms with Gasteiger partial charge in [-0.15, -0.1) is 46.5 Å². The normalized spacial score (nSPS) is 10.6. The molecule has 0 fully saturated rings. The van der Waals surface area contributed by atoms with Crippen LogP contribution in [0.15, 0.2) is 24.3 Å². The van der Waals surface area contributed by atoms with Crippen molar-refractivity contribution in [2.75, 3.05) is 0 Å². The van der Waals surface area contributed by atoms with E-state index in [0.717, 1.165) is 22.3 Å². The molecule has 0 saturated carbocycles. The van der Waals surface area contributed by atoms with Crippen molar-refractivity contribution in [2.45, 2.75) is 66.2 Å². The SMILES string of the molecule is Cc1cc(C(C)(C)C)c(O)cc1[C-]=O.Cc1cc(C(C)(C)C)c(O)cc1[C-]=O.[Cl][Zr+2][Cl]. The van der Waals surface area contributed by atoms with Crippen molar-refractivity contribution in [3.63, 3.8) is 0 Å². The molecule has 0 radical (unpaired) electrons. The number of hydrogen-bond acceptors (Lipinski definition) is 4. The summed E-state index contributed by atoms with van der Waals surface area (Å²) in [5.41, 5.74) is 4.03. The molecule has 0 amide bonds. The zero-order valence-corrected chi connectivity index (χ0v) is 23.2. The minimum absolute atomic E-state index is 0.115. The standard InChI is InChI=1S/2C12H15O2.2ClH.Zr/c2*1-8-5-10(12(2,3)4)11(14)6-9(8)7-13;;;/h2*5-6,14H,1-4H3;2*1H;/q2*-1;;;+4/p-2. The Kier molecular flexibility index (Phi) is 12.3. The van der Waals surface area contributed by atoms with E-state index in [4.69, 9.17) is 17.0 Å². The van der Waals surface area contributed by atoms with Gasteiger partial charge in [-0.2, -0.15) is 0 Å². The monoisotopic (exact) mass is 542 g/mol. The quantitative estimate of drug-likeness (QED) is 0.436. The summed E-state index contributed by atoms with van der Waals surface area (Å²) in [6.45, 7) is 15.8. The topological polar surface area (TPSA) is 74.6 Å². The van der Waals surface area contributed by atoms with Crippen LogP contribution in [0.3, 0.4) is 0 Å². The molecule has 0 aliphatic carbocycles. The molecule has 168 valence electrons. The van der Waals surface area contributed by atoms with Crippen molar-refractivity contribution in [1.82, 2.24) is 0 Å². The fourth-order valence-corrected chi connectivity index (χ4v) is 2.81. The first-order valence-corrected chi connectivity index (χ1v) is 15.9. The molecule has 2 aromatic rings. The van der Waals surface area contributed by atoms with Crippen LogP contribution in [-0.2, 0) is 41.3 Å². The number of aromatic hydroxyl groups is 2. The average molecular weight is 545 g/mol. The first kappa shape index (κ1) is 29.8. The van der Waals surface area contributed by atoms with Gasteiger partial charge in [0.25, 0.3) is 0 Å². The second-order valence-corrected chi connectivity index (χ2v) is 12.9. The van der Waals surface area contributed by atoms with Crippen LogP contribution in [0, 0.1) is 13.8 Å². The molecule has 0 spiro atoms. The third-order valence-electron chi connectivity index (χ3n) is 4.52. The van der Waals surface area contributed by atoms with Gasteiger partial charge in [-0.05, 0) is 22.0 Å². The van der Waals surface area contributed by atoms with Crippen molar-refractivity contribution in [1.29, 1.82) is 0 Å². The molecule has 0 aliphatic heterocycles. The Morgan fingerprint density at radius 2 is 0.968 bits per heavy atom. The number of phenols is 2. The minimum atomic E-state index is -0.826. The number of hydrogen-bond donors (Lipinski definition) is 2. The Bertz CT molecular complexity index is 824. The van der Waals surface area contributed by atoms with Gasteiger partial charge in [-0.1, -0.05) is 55.4 Å². The van der Waals surface area contributed by atoms with Crippen LogP contribution in [0.2, 0.25) is 0 Å². The Hall–Kier alpha value is -1.16. The predicted octanol–water partition coefficient (Wildman–Crippen LogP) is 6.29. The van der Waals surface area contributed by atoms with Crippen molar-refractivity contribution < 1.29 is 40.7 Å². The molecule has 0 atom stereocenters. The third kappa shape index (κ3) is 9.47. The van der Waals surface area contributed by atoms with Crippen molar-refractivity contribution in [3.05, 3.63) is 57.6 Å². The second kappa shape index (κ2) is 12.8. The number of halogens is 2. The Labute approximate surface area is 204 Å². The fraction of sp³-hybridized carbons (Fsp3) is 0.417. The van der Waals surface area contributed by atoms with Crippen LogP contribution >= 0.6 is 17.0 Å². The van der Waals surface area contributed by atoms with E-state index in [-0.39, 0.29) is 22.3 Å². The first-order valence-electron chi connectivity index (χ1n) is 9.54. The van der Waals surface area contributed by atoms with Gasteiger partial charge < -0.3 is 19.8 Å². The van der Waals surface area contributed by atoms with Crippen LogP contribution in [0.4, 0.5) is 0 Å². The van der Waals surface area contributed by atoms with Crippen molar-refractivity contribution >= 4 is 29.6 Å². The van der Waals surface area contributed by atoms with Gasteiger partial charge in [0.2, 0.25) is 0 Å². The van der Waals surface area contributed by atoms with E-state index in [1.165, 1.54) is 12.1 Å². The number of aryl methyl sites for hydroxylation is 2. The summed E-state index contributed by atoms with van der Waals surface area (Å²) in [7, 11) is 9.87. The molecular weight excluding hydrogens is 514 g/mol. The zero-order valence-electron chi connectivity index (χ0n) is 19.3. The van der Waals surface area contributed by atoms with Crippen LogP contribution in [0.5, 0.6) is 11.5 Å². The summed E-state index contributed by atoms with van der Waals surface area (Å²) in [5.74, 6) is 0.336. The summed E-state index contributed by atoms with van der Waals surface area (Å²) in [5, 5.41) is 19.4. The number of phenolic OH excluding ortho intramolecular Hbond substituents is 2. The maximum atomic E-state index is 10.5. The van der Waals surface area contributed by atoms with Gasteiger partial charge in [0.1, 0.15) is 0 Å². The van der Waals surface area contributed by atoms with Crippen molar-refractivity contribution in [2.24, 2.45) is 0 Å². The summed E-state index contributed by atoms with van der Waals surface area (Å²) < 4.78 is 0. The number of carbonyl (C=O) groups excluding carboxylic acids is 2. The van der Waals surface area contributed by atoms with Gasteiger partial charge in [0.05, 0.1) is 24.1 Å². The molecule has 7 heteroatoms. The first-order chi connectivity index (χ1) is 14.1. The summed E-state index contributed by atoms with van der Waals surface area (Å²) in [6.07, 6.45) is 3.61. The number of benzene rings is 2. The molecular formula is C24H30Cl2O4Zr. The molecule has 0 bridgehead atoms. The van der Waals surface area contributed by atoms with E-state index >= 15 is 0 Å². The van der Waals surface area contributed by atoms with E-state index in [1.54, 1.807) is 12.6 Å². The van der Waals surface area contributed by atoms with Crippen LogP contribution in [-0.4, -0.2) is 22.8 Å². The van der Waals surface area contributed by atoms with Crippen LogP contribution in [0.25, 0.3) is 0 Å². The van der Waals surface area contributed by atoms with Gasteiger partial charge >= 0.3 is 37.9 Å². The van der Waals surface area contributed by atoms with E-state index in [1.807, 2.05) is 67.5 Å². The van der Waals surface area contributed by atoms with E-state index in [9.17, 15) is 19.8 Å². The van der Waals surface area contributed by atoms with E-state index in [2.05, 4.69) is 0 Å². The molecule has 4 nitrogen and oxygen atoms in total. The second-order valence-electron chi connectivity index (χ2n) is 9.14. The van der Waals surface area contributed by atoms with E-state index < -0.39 is 20.8 Å². The summed E-state index contributed by atoms with van der Waals surface area (Å²) in [4.78, 5) is 21.0. The van der Waals surface area contributed by atoms with Gasteiger partial charge in [-0.3, -0.25) is 0 Å².